The molecule has 0 atom stereocenters. The Hall–Kier alpha value is 0. The molecule has 0 heteroatoms. The molecular formula is C26H64. The van der Waals surface area contributed by atoms with Gasteiger partial charge in [0.05, 0.1) is 0 Å². The van der Waals surface area contributed by atoms with Crippen LogP contribution in [-0.2, 0) is 0 Å². The highest BCUT2D eigenvalue weighted by molar-refractivity contribution is 4.49. The van der Waals surface area contributed by atoms with E-state index in [0.29, 0.717) is 0 Å². The van der Waals surface area contributed by atoms with Crippen molar-refractivity contribution in [3.63, 3.8) is 0 Å². The second-order valence-corrected chi connectivity index (χ2v) is 6.37. The molecule has 0 fully saturated rings. The number of unbranched alkanes of at least 4 members (excludes halogenated alkanes) is 1. The lowest BCUT2D eigenvalue weighted by Gasteiger charge is -2.05. The zero-order valence-corrected chi connectivity index (χ0v) is 22.2. The third kappa shape index (κ3) is 75.1. The lowest BCUT2D eigenvalue weighted by Crippen LogP contribution is -1.91. The van der Waals surface area contributed by atoms with Crippen LogP contribution in [0.15, 0.2) is 0 Å². The molecule has 26 heavy (non-hydrogen) atoms. The van der Waals surface area contributed by atoms with Crippen LogP contribution in [0.3, 0.4) is 0 Å². The summed E-state index contributed by atoms with van der Waals surface area (Å²) in [6.45, 7) is 30.1. The van der Waals surface area contributed by atoms with Gasteiger partial charge in [-0.05, 0) is 11.8 Å². The van der Waals surface area contributed by atoms with E-state index in [0.717, 1.165) is 11.8 Å². The van der Waals surface area contributed by atoms with Crippen LogP contribution in [0, 0.1) is 11.8 Å². The minimum atomic E-state index is 0.963. The van der Waals surface area contributed by atoms with Crippen molar-refractivity contribution in [1.29, 1.82) is 0 Å². The molecule has 0 amide bonds. The van der Waals surface area contributed by atoms with Gasteiger partial charge >= 0.3 is 0 Å². The number of hydrogen-bond donors (Lipinski definition) is 0. The second kappa shape index (κ2) is 56.2. The first-order valence-electron chi connectivity index (χ1n) is 12.5. The van der Waals surface area contributed by atoms with Crippen LogP contribution in [0.2, 0.25) is 0 Å². The van der Waals surface area contributed by atoms with E-state index in [9.17, 15) is 0 Å². The fraction of sp³-hybridized carbons (Fsp3) is 1.00. The van der Waals surface area contributed by atoms with Crippen molar-refractivity contribution in [2.45, 2.75) is 161 Å². The fourth-order valence-electron chi connectivity index (χ4n) is 2.26. The van der Waals surface area contributed by atoms with Crippen molar-refractivity contribution in [2.75, 3.05) is 0 Å². The van der Waals surface area contributed by atoms with Gasteiger partial charge in [0.1, 0.15) is 0 Å². The molecule has 0 aromatic carbocycles. The van der Waals surface area contributed by atoms with E-state index in [1.807, 2.05) is 41.5 Å². The molecule has 0 heterocycles. The maximum Gasteiger partial charge on any atom is -0.0443 e. The van der Waals surface area contributed by atoms with Crippen LogP contribution in [0.5, 0.6) is 0 Å². The van der Waals surface area contributed by atoms with Crippen molar-refractivity contribution >= 4 is 0 Å². The molecule has 0 N–H and O–H groups in total. The second-order valence-electron chi connectivity index (χ2n) is 6.37. The minimum Gasteiger partial charge on any atom is -0.0683 e. The first-order valence-corrected chi connectivity index (χ1v) is 12.5. The van der Waals surface area contributed by atoms with Crippen LogP contribution in [-0.4, -0.2) is 0 Å². The van der Waals surface area contributed by atoms with Crippen molar-refractivity contribution < 1.29 is 0 Å². The molecule has 0 aliphatic heterocycles. The molecule has 0 saturated heterocycles. The lowest BCUT2D eigenvalue weighted by atomic mass is 10.0. The summed E-state index contributed by atoms with van der Waals surface area (Å²) in [5, 5.41) is 0. The molecule has 0 spiro atoms. The van der Waals surface area contributed by atoms with Crippen LogP contribution < -0.4 is 0 Å². The summed E-state index contributed by atoms with van der Waals surface area (Å²) in [6, 6.07) is 0. The Morgan fingerprint density at radius 3 is 0.577 bits per heavy atom. The van der Waals surface area contributed by atoms with Gasteiger partial charge in [0.15, 0.2) is 0 Å². The van der Waals surface area contributed by atoms with Crippen LogP contribution >= 0.6 is 0 Å². The van der Waals surface area contributed by atoms with Gasteiger partial charge < -0.3 is 0 Å². The Balaban J connectivity index is -0.0000000520. The molecule has 0 bridgehead atoms. The highest BCUT2D eigenvalue weighted by Crippen LogP contribution is 2.11. The summed E-state index contributed by atoms with van der Waals surface area (Å²) in [6.07, 6.45) is 13.7. The molecule has 0 aliphatic carbocycles. The fourth-order valence-corrected chi connectivity index (χ4v) is 2.26. The third-order valence-corrected chi connectivity index (χ3v) is 3.63. The van der Waals surface area contributed by atoms with E-state index < -0.39 is 0 Å². The summed E-state index contributed by atoms with van der Waals surface area (Å²) in [7, 11) is 0. The van der Waals surface area contributed by atoms with Crippen molar-refractivity contribution in [3.05, 3.63) is 0 Å². The topological polar surface area (TPSA) is 0 Å². The van der Waals surface area contributed by atoms with Gasteiger partial charge in [0.25, 0.3) is 0 Å². The highest BCUT2D eigenvalue weighted by Gasteiger charge is 1.96. The van der Waals surface area contributed by atoms with Gasteiger partial charge in [0.2, 0.25) is 0 Å². The smallest absolute Gasteiger partial charge is 0.0443 e. The zero-order valence-electron chi connectivity index (χ0n) is 22.2. The van der Waals surface area contributed by atoms with Gasteiger partial charge in [-0.2, -0.15) is 0 Å². The molecule has 0 radical (unpaired) electrons. The predicted octanol–water partition coefficient (Wildman–Crippen LogP) is 11.3. The molecular weight excluding hydrogens is 312 g/mol. The first-order chi connectivity index (χ1) is 12.5. The normalized spacial score (nSPS) is 8.31. The molecule has 0 saturated carbocycles. The SMILES string of the molecule is CC.CC.CC.CCCC.CCCC(C)CCC.CCCC(C)CCC. The van der Waals surface area contributed by atoms with E-state index >= 15 is 0 Å². The third-order valence-electron chi connectivity index (χ3n) is 3.63. The molecule has 0 rings (SSSR count). The maximum atomic E-state index is 2.34. The van der Waals surface area contributed by atoms with E-state index in [1.165, 1.54) is 64.2 Å². The van der Waals surface area contributed by atoms with E-state index in [2.05, 4.69) is 55.4 Å². The summed E-state index contributed by atoms with van der Waals surface area (Å²) in [4.78, 5) is 0. The van der Waals surface area contributed by atoms with E-state index in [4.69, 9.17) is 0 Å². The van der Waals surface area contributed by atoms with Gasteiger partial charge in [-0.15, -0.1) is 0 Å². The maximum absolute atomic E-state index is 2.34. The summed E-state index contributed by atoms with van der Waals surface area (Å²) >= 11 is 0. The molecule has 0 aliphatic rings. The van der Waals surface area contributed by atoms with Gasteiger partial charge in [-0.25, -0.2) is 0 Å². The lowest BCUT2D eigenvalue weighted by molar-refractivity contribution is 0.480. The van der Waals surface area contributed by atoms with E-state index in [-0.39, 0.29) is 0 Å². The Morgan fingerprint density at radius 1 is 0.346 bits per heavy atom. The summed E-state index contributed by atoms with van der Waals surface area (Å²) < 4.78 is 0. The molecule has 0 nitrogen and oxygen atoms in total. The predicted molar refractivity (Wildman–Crippen MR) is 133 cm³/mol. The number of rotatable bonds is 9. The number of hydrogen-bond acceptors (Lipinski definition) is 0. The van der Waals surface area contributed by atoms with Crippen molar-refractivity contribution in [3.8, 4) is 0 Å². The van der Waals surface area contributed by atoms with Gasteiger partial charge in [0, 0.05) is 0 Å². The van der Waals surface area contributed by atoms with Crippen LogP contribution in [0.25, 0.3) is 0 Å². The average Bonchev–Trinajstić information content (AvgIpc) is 2.68. The van der Waals surface area contributed by atoms with E-state index in [1.54, 1.807) is 0 Å². The summed E-state index contributed by atoms with van der Waals surface area (Å²) in [5.41, 5.74) is 0. The highest BCUT2D eigenvalue weighted by atomic mass is 14.0. The zero-order chi connectivity index (χ0) is 22.2. The van der Waals surface area contributed by atoms with Gasteiger partial charge in [-0.1, -0.05) is 161 Å². The first kappa shape index (κ1) is 40.6. The largest absolute Gasteiger partial charge is 0.0683 e. The molecule has 0 aromatic rings. The Bertz CT molecular complexity index is 100. The van der Waals surface area contributed by atoms with Gasteiger partial charge in [-0.3, -0.25) is 0 Å². The van der Waals surface area contributed by atoms with Crippen molar-refractivity contribution in [2.24, 2.45) is 11.8 Å². The average molecular weight is 377 g/mol. The minimum absolute atomic E-state index is 0.963. The molecule has 0 aromatic heterocycles. The Morgan fingerprint density at radius 2 is 0.500 bits per heavy atom. The summed E-state index contributed by atoms with van der Waals surface area (Å²) in [5.74, 6) is 1.93. The molecule has 168 valence electrons. The standard InChI is InChI=1S/2C8H18.C4H10.3C2H6/c2*1-4-6-8(3)7-5-2;1-3-4-2;3*1-2/h2*8H,4-7H2,1-3H3;3-4H2,1-2H3;3*1-2H3. The van der Waals surface area contributed by atoms with Crippen LogP contribution in [0.1, 0.15) is 161 Å². The quantitative estimate of drug-likeness (QED) is 0.375. The Labute approximate surface area is 173 Å². The monoisotopic (exact) mass is 377 g/mol. The Kier molecular flexibility index (Phi) is 87.9. The van der Waals surface area contributed by atoms with Crippen LogP contribution in [0.4, 0.5) is 0 Å². The molecule has 0 unspecified atom stereocenters. The van der Waals surface area contributed by atoms with Crippen molar-refractivity contribution in [1.82, 2.24) is 0 Å².